The molecule has 0 spiro atoms. The number of alkyl halides is 3. The SMILES string of the molecule is O=C(O)c1ccc(Oc2ccc(OCc3cccc(C(F)(F)F)c3)cc2)nc1. The highest BCUT2D eigenvalue weighted by Crippen LogP contribution is 2.30. The molecule has 8 heteroatoms. The van der Waals surface area contributed by atoms with Crippen LogP contribution in [0.25, 0.3) is 0 Å². The van der Waals surface area contributed by atoms with Crippen LogP contribution in [0.3, 0.4) is 0 Å². The Morgan fingerprint density at radius 1 is 1.00 bits per heavy atom. The van der Waals surface area contributed by atoms with Crippen molar-refractivity contribution in [2.45, 2.75) is 12.8 Å². The van der Waals surface area contributed by atoms with E-state index in [1.54, 1.807) is 30.3 Å². The molecule has 3 rings (SSSR count). The van der Waals surface area contributed by atoms with Gasteiger partial charge in [-0.1, -0.05) is 12.1 Å². The van der Waals surface area contributed by atoms with E-state index in [-0.39, 0.29) is 18.1 Å². The number of carbonyl (C=O) groups is 1. The summed E-state index contributed by atoms with van der Waals surface area (Å²) in [6, 6.07) is 14.2. The van der Waals surface area contributed by atoms with Crippen molar-refractivity contribution >= 4 is 5.97 Å². The molecule has 0 amide bonds. The molecule has 3 aromatic rings. The van der Waals surface area contributed by atoms with E-state index in [0.717, 1.165) is 12.1 Å². The number of rotatable bonds is 6. The van der Waals surface area contributed by atoms with E-state index < -0.39 is 17.7 Å². The smallest absolute Gasteiger partial charge is 0.416 e. The first kappa shape index (κ1) is 19.2. The molecule has 1 heterocycles. The van der Waals surface area contributed by atoms with E-state index in [1.807, 2.05) is 0 Å². The average molecular weight is 389 g/mol. The third kappa shape index (κ3) is 5.00. The molecule has 0 aliphatic heterocycles. The quantitative estimate of drug-likeness (QED) is 0.630. The highest BCUT2D eigenvalue weighted by Gasteiger charge is 2.30. The van der Waals surface area contributed by atoms with Crippen LogP contribution in [-0.2, 0) is 12.8 Å². The zero-order chi connectivity index (χ0) is 20.1. The summed E-state index contributed by atoms with van der Waals surface area (Å²) in [5, 5.41) is 8.83. The van der Waals surface area contributed by atoms with Gasteiger partial charge < -0.3 is 14.6 Å². The van der Waals surface area contributed by atoms with Gasteiger partial charge in [-0.05, 0) is 48.0 Å². The van der Waals surface area contributed by atoms with Gasteiger partial charge in [-0.2, -0.15) is 13.2 Å². The monoisotopic (exact) mass is 389 g/mol. The van der Waals surface area contributed by atoms with Crippen LogP contribution in [0.5, 0.6) is 17.4 Å². The number of aromatic carboxylic acids is 1. The molecule has 28 heavy (non-hydrogen) atoms. The Bertz CT molecular complexity index is 954. The number of nitrogens with zero attached hydrogens (tertiary/aromatic N) is 1. The summed E-state index contributed by atoms with van der Waals surface area (Å²) in [4.78, 5) is 14.7. The van der Waals surface area contributed by atoms with E-state index in [0.29, 0.717) is 17.1 Å². The summed E-state index contributed by atoms with van der Waals surface area (Å²) in [6.07, 6.45) is -3.21. The summed E-state index contributed by atoms with van der Waals surface area (Å²) in [5.74, 6) is 0.0462. The topological polar surface area (TPSA) is 68.7 Å². The van der Waals surface area contributed by atoms with Crippen molar-refractivity contribution in [1.29, 1.82) is 0 Å². The van der Waals surface area contributed by atoms with E-state index in [1.165, 1.54) is 24.4 Å². The van der Waals surface area contributed by atoms with Crippen LogP contribution in [-0.4, -0.2) is 16.1 Å². The molecular weight excluding hydrogens is 375 g/mol. The van der Waals surface area contributed by atoms with Gasteiger partial charge in [0.15, 0.2) is 0 Å². The van der Waals surface area contributed by atoms with Gasteiger partial charge in [-0.3, -0.25) is 0 Å². The Kier molecular flexibility index (Phi) is 5.49. The molecule has 1 aromatic heterocycles. The maximum atomic E-state index is 12.7. The predicted molar refractivity (Wildman–Crippen MR) is 93.5 cm³/mol. The van der Waals surface area contributed by atoms with Gasteiger partial charge in [0.2, 0.25) is 5.88 Å². The number of pyridine rings is 1. The number of halogens is 3. The van der Waals surface area contributed by atoms with Crippen LogP contribution >= 0.6 is 0 Å². The number of aromatic nitrogens is 1. The van der Waals surface area contributed by atoms with Crippen molar-refractivity contribution in [3.05, 3.63) is 83.6 Å². The van der Waals surface area contributed by atoms with Crippen molar-refractivity contribution in [1.82, 2.24) is 4.98 Å². The molecule has 0 aliphatic carbocycles. The number of ether oxygens (including phenoxy) is 2. The molecule has 2 aromatic carbocycles. The van der Waals surface area contributed by atoms with Gasteiger partial charge in [0, 0.05) is 12.3 Å². The van der Waals surface area contributed by atoms with E-state index in [9.17, 15) is 18.0 Å². The molecule has 0 radical (unpaired) electrons. The predicted octanol–water partition coefficient (Wildman–Crippen LogP) is 5.17. The molecule has 0 aliphatic rings. The number of benzene rings is 2. The van der Waals surface area contributed by atoms with Gasteiger partial charge in [-0.25, -0.2) is 9.78 Å². The Hall–Kier alpha value is -3.55. The van der Waals surface area contributed by atoms with Crippen molar-refractivity contribution in [3.8, 4) is 17.4 Å². The van der Waals surface area contributed by atoms with Gasteiger partial charge in [0.05, 0.1) is 11.1 Å². The minimum atomic E-state index is -4.40. The molecule has 0 saturated carbocycles. The highest BCUT2D eigenvalue weighted by atomic mass is 19.4. The summed E-state index contributed by atoms with van der Waals surface area (Å²) < 4.78 is 49.2. The zero-order valence-corrected chi connectivity index (χ0v) is 14.3. The Morgan fingerprint density at radius 2 is 1.71 bits per heavy atom. The van der Waals surface area contributed by atoms with Crippen LogP contribution in [0.2, 0.25) is 0 Å². The summed E-state index contributed by atoms with van der Waals surface area (Å²) >= 11 is 0. The van der Waals surface area contributed by atoms with Crippen LogP contribution in [0, 0.1) is 0 Å². The molecule has 0 bridgehead atoms. The molecule has 0 atom stereocenters. The minimum Gasteiger partial charge on any atom is -0.489 e. The Balaban J connectivity index is 1.59. The van der Waals surface area contributed by atoms with Crippen LogP contribution in [0.15, 0.2) is 66.9 Å². The highest BCUT2D eigenvalue weighted by molar-refractivity contribution is 5.87. The second-order valence-electron chi connectivity index (χ2n) is 5.75. The standard InChI is InChI=1S/C20H14F3NO4/c21-20(22,23)15-3-1-2-13(10-15)12-27-16-5-7-17(8-6-16)28-18-9-4-14(11-24-18)19(25)26/h1-11H,12H2,(H,25,26). The molecule has 1 N–H and O–H groups in total. The molecule has 144 valence electrons. The fraction of sp³-hybridized carbons (Fsp3) is 0.100. The lowest BCUT2D eigenvalue weighted by Gasteiger charge is -2.10. The first-order valence-corrected chi connectivity index (χ1v) is 8.07. The maximum absolute atomic E-state index is 12.7. The summed E-state index contributed by atoms with van der Waals surface area (Å²) in [6.45, 7) is -0.0116. The van der Waals surface area contributed by atoms with E-state index in [4.69, 9.17) is 14.6 Å². The van der Waals surface area contributed by atoms with Gasteiger partial charge in [-0.15, -0.1) is 0 Å². The third-order valence-corrected chi connectivity index (χ3v) is 3.69. The second-order valence-corrected chi connectivity index (χ2v) is 5.75. The number of carboxylic acids is 1. The fourth-order valence-corrected chi connectivity index (χ4v) is 2.30. The number of carboxylic acid groups (broad SMARTS) is 1. The first-order valence-electron chi connectivity index (χ1n) is 8.07. The van der Waals surface area contributed by atoms with Crippen LogP contribution in [0.4, 0.5) is 13.2 Å². The molecular formula is C20H14F3NO4. The van der Waals surface area contributed by atoms with Crippen molar-refractivity contribution in [2.75, 3.05) is 0 Å². The zero-order valence-electron chi connectivity index (χ0n) is 14.3. The average Bonchev–Trinajstić information content (AvgIpc) is 2.67. The lowest BCUT2D eigenvalue weighted by atomic mass is 10.1. The number of hydrogen-bond donors (Lipinski definition) is 1. The maximum Gasteiger partial charge on any atom is 0.416 e. The largest absolute Gasteiger partial charge is 0.489 e. The molecule has 0 unspecified atom stereocenters. The first-order chi connectivity index (χ1) is 13.3. The summed E-state index contributed by atoms with van der Waals surface area (Å²) in [7, 11) is 0. The normalized spacial score (nSPS) is 11.1. The summed E-state index contributed by atoms with van der Waals surface area (Å²) in [5.41, 5.74) is -0.276. The van der Waals surface area contributed by atoms with E-state index in [2.05, 4.69) is 4.98 Å². The van der Waals surface area contributed by atoms with Gasteiger partial charge >= 0.3 is 12.1 Å². The van der Waals surface area contributed by atoms with Gasteiger partial charge in [0.25, 0.3) is 0 Å². The van der Waals surface area contributed by atoms with Crippen LogP contribution in [0.1, 0.15) is 21.5 Å². The lowest BCUT2D eigenvalue weighted by Crippen LogP contribution is -2.06. The Morgan fingerprint density at radius 3 is 2.32 bits per heavy atom. The fourth-order valence-electron chi connectivity index (χ4n) is 2.30. The van der Waals surface area contributed by atoms with Crippen molar-refractivity contribution < 1.29 is 32.5 Å². The van der Waals surface area contributed by atoms with E-state index >= 15 is 0 Å². The lowest BCUT2D eigenvalue weighted by molar-refractivity contribution is -0.137. The molecule has 0 fully saturated rings. The second kappa shape index (κ2) is 7.99. The molecule has 0 saturated heterocycles. The number of hydrogen-bond acceptors (Lipinski definition) is 4. The Labute approximate surface area is 158 Å². The van der Waals surface area contributed by atoms with Crippen LogP contribution < -0.4 is 9.47 Å². The third-order valence-electron chi connectivity index (χ3n) is 3.69. The van der Waals surface area contributed by atoms with Crippen molar-refractivity contribution in [3.63, 3.8) is 0 Å². The molecule has 5 nitrogen and oxygen atoms in total. The minimum absolute atomic E-state index is 0.0116. The van der Waals surface area contributed by atoms with Crippen molar-refractivity contribution in [2.24, 2.45) is 0 Å². The van der Waals surface area contributed by atoms with Gasteiger partial charge in [0.1, 0.15) is 18.1 Å².